The standard InChI is InChI=1S/C24H17ClN2O5/c25-17-5-1-16(2-6-17)14-32-20-11-7-18(8-12-20)27-23(30)21(22(29)26-24(27)31)13-15-3-9-19(28)10-4-15/h1-13,28H,14H2,(H,26,29,31)/b21-13+. The highest BCUT2D eigenvalue weighted by Gasteiger charge is 2.36. The molecular weight excluding hydrogens is 432 g/mol. The number of hydrogen-bond donors (Lipinski definition) is 2. The maximum Gasteiger partial charge on any atom is 0.335 e. The number of phenolic OH excluding ortho intramolecular Hbond substituents is 1. The summed E-state index contributed by atoms with van der Waals surface area (Å²) < 4.78 is 5.72. The van der Waals surface area contributed by atoms with Crippen LogP contribution in [0, 0.1) is 0 Å². The van der Waals surface area contributed by atoms with Gasteiger partial charge in [0.25, 0.3) is 11.8 Å². The van der Waals surface area contributed by atoms with Gasteiger partial charge in [-0.15, -0.1) is 0 Å². The van der Waals surface area contributed by atoms with Gasteiger partial charge in [0.1, 0.15) is 23.7 Å². The van der Waals surface area contributed by atoms with Gasteiger partial charge >= 0.3 is 6.03 Å². The molecule has 1 heterocycles. The third kappa shape index (κ3) is 4.63. The number of barbiturate groups is 1. The number of benzene rings is 3. The van der Waals surface area contributed by atoms with E-state index in [1.54, 1.807) is 48.5 Å². The number of anilines is 1. The van der Waals surface area contributed by atoms with Crippen molar-refractivity contribution in [2.75, 3.05) is 4.90 Å². The third-order valence-corrected chi connectivity index (χ3v) is 4.97. The number of ether oxygens (including phenoxy) is 1. The third-order valence-electron chi connectivity index (χ3n) is 4.72. The molecule has 0 spiro atoms. The Balaban J connectivity index is 1.51. The molecule has 3 aromatic rings. The second-order valence-electron chi connectivity index (χ2n) is 6.96. The van der Waals surface area contributed by atoms with Crippen molar-refractivity contribution in [2.24, 2.45) is 0 Å². The molecule has 160 valence electrons. The number of urea groups is 1. The Morgan fingerprint density at radius 3 is 2.22 bits per heavy atom. The molecule has 32 heavy (non-hydrogen) atoms. The molecule has 0 aromatic heterocycles. The monoisotopic (exact) mass is 448 g/mol. The van der Waals surface area contributed by atoms with Crippen LogP contribution in [0.1, 0.15) is 11.1 Å². The van der Waals surface area contributed by atoms with E-state index >= 15 is 0 Å². The average molecular weight is 449 g/mol. The topological polar surface area (TPSA) is 95.9 Å². The molecule has 0 saturated carbocycles. The Bertz CT molecular complexity index is 1200. The zero-order chi connectivity index (χ0) is 22.7. The molecule has 3 aromatic carbocycles. The van der Waals surface area contributed by atoms with Gasteiger partial charge in [0, 0.05) is 5.02 Å². The summed E-state index contributed by atoms with van der Waals surface area (Å²) >= 11 is 5.87. The van der Waals surface area contributed by atoms with E-state index in [1.807, 2.05) is 12.1 Å². The Hall–Kier alpha value is -4.10. The first-order chi connectivity index (χ1) is 15.4. The second-order valence-corrected chi connectivity index (χ2v) is 7.39. The molecule has 0 aliphatic carbocycles. The van der Waals surface area contributed by atoms with Crippen molar-refractivity contribution in [1.29, 1.82) is 0 Å². The van der Waals surface area contributed by atoms with E-state index in [2.05, 4.69) is 5.32 Å². The van der Waals surface area contributed by atoms with Gasteiger partial charge in [-0.1, -0.05) is 35.9 Å². The minimum atomic E-state index is -0.835. The molecule has 4 rings (SSSR count). The van der Waals surface area contributed by atoms with Crippen LogP contribution < -0.4 is 15.0 Å². The SMILES string of the molecule is O=C1NC(=O)N(c2ccc(OCc3ccc(Cl)cc3)cc2)C(=O)/C1=C/c1ccc(O)cc1. The van der Waals surface area contributed by atoms with Crippen molar-refractivity contribution >= 4 is 41.2 Å². The number of nitrogens with zero attached hydrogens (tertiary/aromatic N) is 1. The normalized spacial score (nSPS) is 15.1. The van der Waals surface area contributed by atoms with Crippen molar-refractivity contribution in [1.82, 2.24) is 5.32 Å². The number of aromatic hydroxyl groups is 1. The molecular formula is C24H17ClN2O5. The van der Waals surface area contributed by atoms with Crippen molar-refractivity contribution in [2.45, 2.75) is 6.61 Å². The molecule has 1 fully saturated rings. The van der Waals surface area contributed by atoms with Gasteiger partial charge in [0.05, 0.1) is 5.69 Å². The molecule has 8 heteroatoms. The number of hydrogen-bond acceptors (Lipinski definition) is 5. The van der Waals surface area contributed by atoms with Gasteiger partial charge in [-0.3, -0.25) is 14.9 Å². The highest BCUT2D eigenvalue weighted by Crippen LogP contribution is 2.25. The first kappa shape index (κ1) is 21.1. The molecule has 0 radical (unpaired) electrons. The van der Waals surface area contributed by atoms with Crippen molar-refractivity contribution in [3.63, 3.8) is 0 Å². The highest BCUT2D eigenvalue weighted by atomic mass is 35.5. The van der Waals surface area contributed by atoms with Gasteiger partial charge in [0.2, 0.25) is 0 Å². The molecule has 1 aliphatic rings. The quantitative estimate of drug-likeness (QED) is 0.448. The molecule has 0 atom stereocenters. The van der Waals surface area contributed by atoms with Crippen LogP contribution in [0.15, 0.2) is 78.4 Å². The Morgan fingerprint density at radius 2 is 1.56 bits per heavy atom. The lowest BCUT2D eigenvalue weighted by atomic mass is 10.1. The number of phenols is 1. The summed E-state index contributed by atoms with van der Waals surface area (Å²) in [5.74, 6) is -0.930. The molecule has 1 saturated heterocycles. The van der Waals surface area contributed by atoms with Crippen LogP contribution in [0.25, 0.3) is 6.08 Å². The zero-order valence-corrected chi connectivity index (χ0v) is 17.4. The molecule has 1 aliphatic heterocycles. The van der Waals surface area contributed by atoms with E-state index in [1.165, 1.54) is 18.2 Å². The summed E-state index contributed by atoms with van der Waals surface area (Å²) in [6.45, 7) is 0.327. The number of imide groups is 2. The van der Waals surface area contributed by atoms with Crippen LogP contribution in [0.3, 0.4) is 0 Å². The van der Waals surface area contributed by atoms with Crippen LogP contribution in [0.2, 0.25) is 5.02 Å². The number of nitrogens with one attached hydrogen (secondary N) is 1. The predicted molar refractivity (Wildman–Crippen MR) is 119 cm³/mol. The van der Waals surface area contributed by atoms with Gasteiger partial charge in [0.15, 0.2) is 0 Å². The van der Waals surface area contributed by atoms with Crippen molar-refractivity contribution in [3.05, 3.63) is 94.5 Å². The van der Waals surface area contributed by atoms with E-state index in [-0.39, 0.29) is 17.0 Å². The number of amides is 4. The van der Waals surface area contributed by atoms with Crippen molar-refractivity contribution < 1.29 is 24.2 Å². The lowest BCUT2D eigenvalue weighted by Crippen LogP contribution is -2.54. The number of carbonyl (C=O) groups is 3. The van der Waals surface area contributed by atoms with Gasteiger partial charge in [-0.2, -0.15) is 0 Å². The molecule has 2 N–H and O–H groups in total. The van der Waals surface area contributed by atoms with Gasteiger partial charge in [-0.25, -0.2) is 9.69 Å². The smallest absolute Gasteiger partial charge is 0.335 e. The van der Waals surface area contributed by atoms with Crippen LogP contribution >= 0.6 is 11.6 Å². The van der Waals surface area contributed by atoms with Crippen LogP contribution in [0.4, 0.5) is 10.5 Å². The van der Waals surface area contributed by atoms with Crippen LogP contribution in [-0.2, 0) is 16.2 Å². The Kier molecular flexibility index (Phi) is 5.91. The van der Waals surface area contributed by atoms with E-state index in [9.17, 15) is 19.5 Å². The highest BCUT2D eigenvalue weighted by molar-refractivity contribution is 6.39. The van der Waals surface area contributed by atoms with Crippen LogP contribution in [0.5, 0.6) is 11.5 Å². The zero-order valence-electron chi connectivity index (χ0n) is 16.6. The van der Waals surface area contributed by atoms with E-state index in [4.69, 9.17) is 16.3 Å². The molecule has 0 unspecified atom stereocenters. The van der Waals surface area contributed by atoms with Crippen LogP contribution in [-0.4, -0.2) is 23.0 Å². The lowest BCUT2D eigenvalue weighted by Gasteiger charge is -2.26. The predicted octanol–water partition coefficient (Wildman–Crippen LogP) is 4.29. The van der Waals surface area contributed by atoms with E-state index < -0.39 is 17.8 Å². The first-order valence-electron chi connectivity index (χ1n) is 9.58. The van der Waals surface area contributed by atoms with Crippen molar-refractivity contribution in [3.8, 4) is 11.5 Å². The average Bonchev–Trinajstić information content (AvgIpc) is 2.78. The lowest BCUT2D eigenvalue weighted by molar-refractivity contribution is -0.122. The Labute approximate surface area is 188 Å². The summed E-state index contributed by atoms with van der Waals surface area (Å²) in [6.07, 6.45) is 1.36. The summed E-state index contributed by atoms with van der Waals surface area (Å²) in [4.78, 5) is 38.4. The molecule has 4 amide bonds. The summed E-state index contributed by atoms with van der Waals surface area (Å²) in [5, 5.41) is 12.2. The van der Waals surface area contributed by atoms with Gasteiger partial charge < -0.3 is 9.84 Å². The second kappa shape index (κ2) is 8.95. The molecule has 7 nitrogen and oxygen atoms in total. The largest absolute Gasteiger partial charge is 0.508 e. The summed E-state index contributed by atoms with van der Waals surface area (Å²) in [7, 11) is 0. The minimum absolute atomic E-state index is 0.0572. The summed E-state index contributed by atoms with van der Waals surface area (Å²) in [5.41, 5.74) is 1.56. The number of rotatable bonds is 5. The fraction of sp³-hybridized carbons (Fsp3) is 0.0417. The van der Waals surface area contributed by atoms with E-state index in [0.29, 0.717) is 22.9 Å². The fourth-order valence-electron chi connectivity index (χ4n) is 3.07. The maximum absolute atomic E-state index is 12.9. The molecule has 0 bridgehead atoms. The number of halogens is 1. The maximum atomic E-state index is 12.9. The van der Waals surface area contributed by atoms with Gasteiger partial charge in [-0.05, 0) is 65.7 Å². The minimum Gasteiger partial charge on any atom is -0.508 e. The van der Waals surface area contributed by atoms with E-state index in [0.717, 1.165) is 10.5 Å². The fourth-order valence-corrected chi connectivity index (χ4v) is 3.19. The summed E-state index contributed by atoms with van der Waals surface area (Å²) in [6, 6.07) is 18.8. The number of carbonyl (C=O) groups excluding carboxylic acids is 3. The Morgan fingerprint density at radius 1 is 0.906 bits per heavy atom. The first-order valence-corrected chi connectivity index (χ1v) is 9.96.